The van der Waals surface area contributed by atoms with Crippen LogP contribution in [0.25, 0.3) is 0 Å². The zero-order valence-corrected chi connectivity index (χ0v) is 17.4. The largest absolute Gasteiger partial charge is 0.481 e. The Morgan fingerprint density at radius 2 is 1.93 bits per heavy atom. The van der Waals surface area contributed by atoms with Crippen LogP contribution in [-0.4, -0.2) is 29.5 Å². The van der Waals surface area contributed by atoms with Gasteiger partial charge in [0.15, 0.2) is 5.78 Å². The first-order valence-corrected chi connectivity index (χ1v) is 10.4. The lowest BCUT2D eigenvalue weighted by Gasteiger charge is -2.33. The molecule has 3 rings (SSSR count). The Kier molecular flexibility index (Phi) is 7.71. The fourth-order valence-electron chi connectivity index (χ4n) is 4.38. The molecule has 0 unspecified atom stereocenters. The normalized spacial score (nSPS) is 20.0. The number of halogens is 2. The number of ether oxygens (including phenoxy) is 2. The number of nitrogens with zero attached hydrogens (tertiary/aromatic N) is 2. The summed E-state index contributed by atoms with van der Waals surface area (Å²) >= 11 is 0. The van der Waals surface area contributed by atoms with Crippen molar-refractivity contribution in [2.24, 2.45) is 11.8 Å². The van der Waals surface area contributed by atoms with Crippen molar-refractivity contribution in [3.63, 3.8) is 0 Å². The third kappa shape index (κ3) is 5.74. The number of hydrogen-bond donors (Lipinski definition) is 0. The van der Waals surface area contributed by atoms with Gasteiger partial charge in [-0.3, -0.25) is 9.78 Å². The average Bonchev–Trinajstić information content (AvgIpc) is 2.77. The van der Waals surface area contributed by atoms with Gasteiger partial charge in [0.2, 0.25) is 5.88 Å². The maximum absolute atomic E-state index is 12.7. The summed E-state index contributed by atoms with van der Waals surface area (Å²) in [5.41, 5.74) is 1.42. The van der Waals surface area contributed by atoms with Gasteiger partial charge in [0.1, 0.15) is 5.75 Å². The minimum atomic E-state index is -2.83. The van der Waals surface area contributed by atoms with Gasteiger partial charge in [0.25, 0.3) is 0 Å². The van der Waals surface area contributed by atoms with Crippen LogP contribution in [0.1, 0.15) is 67.4 Å². The van der Waals surface area contributed by atoms with E-state index in [9.17, 15) is 13.6 Å². The van der Waals surface area contributed by atoms with Gasteiger partial charge < -0.3 is 9.47 Å². The number of carbonyl (C=O) groups is 1. The molecule has 0 saturated heterocycles. The summed E-state index contributed by atoms with van der Waals surface area (Å²) in [5, 5.41) is 0. The first-order valence-electron chi connectivity index (χ1n) is 10.4. The molecule has 2 aromatic rings. The molecule has 7 heteroatoms. The van der Waals surface area contributed by atoms with Crippen LogP contribution in [0.5, 0.6) is 11.6 Å². The highest BCUT2D eigenvalue weighted by Gasteiger charge is 2.29. The van der Waals surface area contributed by atoms with Crippen LogP contribution < -0.4 is 9.47 Å². The second kappa shape index (κ2) is 10.5. The van der Waals surface area contributed by atoms with Crippen LogP contribution >= 0.6 is 0 Å². The molecule has 0 bridgehead atoms. The molecule has 0 aromatic carbocycles. The third-order valence-electron chi connectivity index (χ3n) is 6.07. The highest BCUT2D eigenvalue weighted by atomic mass is 19.3. The van der Waals surface area contributed by atoms with Crippen LogP contribution in [0, 0.1) is 11.8 Å². The fraction of sp³-hybridized carbons (Fsp3) is 0.522. The lowest BCUT2D eigenvalue weighted by Crippen LogP contribution is -2.23. The van der Waals surface area contributed by atoms with Crippen molar-refractivity contribution in [1.82, 2.24) is 9.97 Å². The minimum absolute atomic E-state index is 0.109. The van der Waals surface area contributed by atoms with Gasteiger partial charge in [0, 0.05) is 48.1 Å². The van der Waals surface area contributed by atoms with E-state index in [2.05, 4.69) is 21.6 Å². The average molecular weight is 418 g/mol. The van der Waals surface area contributed by atoms with E-state index in [0.717, 1.165) is 37.8 Å². The van der Waals surface area contributed by atoms with Crippen LogP contribution in [0.15, 0.2) is 36.7 Å². The number of aromatic nitrogens is 2. The first-order chi connectivity index (χ1) is 14.5. The number of rotatable bonds is 9. The second-order valence-electron chi connectivity index (χ2n) is 7.79. The maximum atomic E-state index is 12.7. The van der Waals surface area contributed by atoms with Crippen LogP contribution in [0.4, 0.5) is 8.78 Å². The first kappa shape index (κ1) is 22.1. The SMILES string of the molecule is CC[C@H](CC(=O)c1ccc(OC)nc1)C1CCC(c2cc(OC(F)F)ccn2)CC1. The Morgan fingerprint density at radius 3 is 2.53 bits per heavy atom. The molecule has 1 aliphatic rings. The Labute approximate surface area is 175 Å². The van der Waals surface area contributed by atoms with E-state index in [4.69, 9.17) is 4.74 Å². The van der Waals surface area contributed by atoms with E-state index in [1.807, 2.05) is 0 Å². The predicted molar refractivity (Wildman–Crippen MR) is 109 cm³/mol. The fourth-order valence-corrected chi connectivity index (χ4v) is 4.38. The monoisotopic (exact) mass is 418 g/mol. The molecule has 2 heterocycles. The van der Waals surface area contributed by atoms with Crippen LogP contribution in [-0.2, 0) is 0 Å². The van der Waals surface area contributed by atoms with Crippen molar-refractivity contribution in [3.8, 4) is 11.6 Å². The summed E-state index contributed by atoms with van der Waals surface area (Å²) in [7, 11) is 1.55. The van der Waals surface area contributed by atoms with Crippen molar-refractivity contribution in [2.45, 2.75) is 58.0 Å². The topological polar surface area (TPSA) is 61.3 Å². The van der Waals surface area contributed by atoms with Gasteiger partial charge in [-0.1, -0.05) is 13.3 Å². The van der Waals surface area contributed by atoms with Gasteiger partial charge in [-0.2, -0.15) is 8.78 Å². The Bertz CT molecular complexity index is 821. The van der Waals surface area contributed by atoms with Crippen molar-refractivity contribution >= 4 is 5.78 Å². The molecule has 162 valence electrons. The van der Waals surface area contributed by atoms with E-state index in [-0.39, 0.29) is 17.5 Å². The summed E-state index contributed by atoms with van der Waals surface area (Å²) in [4.78, 5) is 21.2. The number of methoxy groups -OCH3 is 1. The summed E-state index contributed by atoms with van der Waals surface area (Å²) in [6.45, 7) is -0.706. The van der Waals surface area contributed by atoms with Crippen molar-refractivity contribution in [2.75, 3.05) is 7.11 Å². The lowest BCUT2D eigenvalue weighted by molar-refractivity contribution is -0.0499. The van der Waals surface area contributed by atoms with Gasteiger partial charge in [-0.25, -0.2) is 4.98 Å². The molecule has 0 aliphatic heterocycles. The molecule has 1 aliphatic carbocycles. The third-order valence-corrected chi connectivity index (χ3v) is 6.07. The molecule has 0 amide bonds. The van der Waals surface area contributed by atoms with Crippen molar-refractivity contribution < 1.29 is 23.0 Å². The summed E-state index contributed by atoms with van der Waals surface area (Å²) in [6, 6.07) is 6.54. The molecule has 1 saturated carbocycles. The molecule has 1 atom stereocenters. The highest BCUT2D eigenvalue weighted by molar-refractivity contribution is 5.95. The van der Waals surface area contributed by atoms with Gasteiger partial charge in [0.05, 0.1) is 7.11 Å². The number of Topliss-reactive ketones (excluding diaryl/α,β-unsaturated/α-hetero) is 1. The van der Waals surface area contributed by atoms with Gasteiger partial charge in [-0.05, 0) is 49.7 Å². The molecule has 5 nitrogen and oxygen atoms in total. The van der Waals surface area contributed by atoms with Crippen molar-refractivity contribution in [1.29, 1.82) is 0 Å². The summed E-state index contributed by atoms with van der Waals surface area (Å²) in [6.07, 6.45) is 8.42. The molecular weight excluding hydrogens is 390 g/mol. The van der Waals surface area contributed by atoms with E-state index in [1.165, 1.54) is 12.3 Å². The summed E-state index contributed by atoms with van der Waals surface area (Å²) < 4.78 is 34.5. The quantitative estimate of drug-likeness (QED) is 0.492. The number of hydrogen-bond acceptors (Lipinski definition) is 5. The molecule has 2 aromatic heterocycles. The van der Waals surface area contributed by atoms with Gasteiger partial charge >= 0.3 is 6.61 Å². The highest BCUT2D eigenvalue weighted by Crippen LogP contribution is 2.41. The Hall–Kier alpha value is -2.57. The molecule has 1 fully saturated rings. The molecular formula is C23H28F2N2O3. The number of carbonyl (C=O) groups excluding carboxylic acids is 1. The summed E-state index contributed by atoms with van der Waals surface area (Å²) in [5.74, 6) is 1.79. The zero-order valence-electron chi connectivity index (χ0n) is 17.4. The number of alkyl halides is 2. The van der Waals surface area contributed by atoms with Crippen molar-refractivity contribution in [3.05, 3.63) is 47.9 Å². The van der Waals surface area contributed by atoms with E-state index in [1.54, 1.807) is 31.5 Å². The molecule has 0 radical (unpaired) electrons. The number of pyridine rings is 2. The minimum Gasteiger partial charge on any atom is -0.481 e. The molecule has 0 spiro atoms. The Morgan fingerprint density at radius 1 is 1.17 bits per heavy atom. The van der Waals surface area contributed by atoms with Crippen LogP contribution in [0.3, 0.4) is 0 Å². The molecule has 30 heavy (non-hydrogen) atoms. The lowest BCUT2D eigenvalue weighted by atomic mass is 9.72. The van der Waals surface area contributed by atoms with Crippen LogP contribution in [0.2, 0.25) is 0 Å². The maximum Gasteiger partial charge on any atom is 0.387 e. The smallest absolute Gasteiger partial charge is 0.387 e. The standard InChI is InChI=1S/C23H28F2N2O3/c1-3-15(12-21(28)18-8-9-22(29-2)27-14-18)16-4-6-17(7-5-16)20-13-19(10-11-26-20)30-23(24)25/h8-11,13-17,23H,3-7,12H2,1-2H3/t15-,16?,17?/m1/s1. The predicted octanol–water partition coefficient (Wildman–Crippen LogP) is 5.66. The Balaban J connectivity index is 1.56. The van der Waals surface area contributed by atoms with E-state index >= 15 is 0 Å². The molecule has 0 N–H and O–H groups in total. The van der Waals surface area contributed by atoms with E-state index in [0.29, 0.717) is 29.7 Å². The second-order valence-corrected chi connectivity index (χ2v) is 7.79. The van der Waals surface area contributed by atoms with Gasteiger partial charge in [-0.15, -0.1) is 0 Å². The zero-order chi connectivity index (χ0) is 21.5. The number of ketones is 1. The van der Waals surface area contributed by atoms with E-state index < -0.39 is 6.61 Å².